The van der Waals surface area contributed by atoms with Crippen molar-refractivity contribution >= 4 is 29.3 Å². The van der Waals surface area contributed by atoms with Gasteiger partial charge in [0.1, 0.15) is 6.04 Å². The van der Waals surface area contributed by atoms with Gasteiger partial charge >= 0.3 is 12.1 Å². The van der Waals surface area contributed by atoms with Crippen molar-refractivity contribution in [1.29, 1.82) is 0 Å². The van der Waals surface area contributed by atoms with Crippen LogP contribution in [-0.4, -0.2) is 18.0 Å². The minimum absolute atomic E-state index is 0.365. The maximum absolute atomic E-state index is 11.9. The lowest BCUT2D eigenvalue weighted by atomic mass is 10.1. The fraction of sp³-hybridized carbons (Fsp3) is 0.0625. The second-order valence-electron chi connectivity index (χ2n) is 4.96. The first kappa shape index (κ1) is 14.6. The number of imide groups is 1. The van der Waals surface area contributed by atoms with Gasteiger partial charge in [0.05, 0.1) is 0 Å². The zero-order chi connectivity index (χ0) is 16.2. The lowest BCUT2D eigenvalue weighted by Gasteiger charge is -2.10. The van der Waals surface area contributed by atoms with E-state index in [9.17, 15) is 14.4 Å². The predicted octanol–water partition coefficient (Wildman–Crippen LogP) is 2.21. The molecule has 0 aliphatic carbocycles. The number of carbonyl (C=O) groups is 3. The molecule has 0 bridgehead atoms. The Bertz CT molecular complexity index is 744. The van der Waals surface area contributed by atoms with E-state index in [1.54, 1.807) is 36.4 Å². The van der Waals surface area contributed by atoms with Gasteiger partial charge in [-0.25, -0.2) is 9.59 Å². The molecule has 0 spiro atoms. The van der Waals surface area contributed by atoms with Crippen LogP contribution < -0.4 is 21.3 Å². The molecule has 116 valence electrons. The molecule has 1 fully saturated rings. The normalized spacial score (nSPS) is 16.4. The van der Waals surface area contributed by atoms with Crippen molar-refractivity contribution in [2.75, 3.05) is 10.6 Å². The van der Waals surface area contributed by atoms with Gasteiger partial charge in [0, 0.05) is 11.4 Å². The van der Waals surface area contributed by atoms with E-state index in [0.717, 1.165) is 0 Å². The van der Waals surface area contributed by atoms with Crippen LogP contribution in [0.25, 0.3) is 0 Å². The third kappa shape index (κ3) is 3.46. The van der Waals surface area contributed by atoms with Gasteiger partial charge in [0.2, 0.25) is 0 Å². The van der Waals surface area contributed by atoms with Crippen molar-refractivity contribution in [3.8, 4) is 0 Å². The van der Waals surface area contributed by atoms with E-state index in [-0.39, 0.29) is 6.03 Å². The number of rotatable bonds is 3. The summed E-state index contributed by atoms with van der Waals surface area (Å²) in [7, 11) is 0. The first-order chi connectivity index (χ1) is 11.1. The Morgan fingerprint density at radius 3 is 2.04 bits per heavy atom. The molecule has 0 radical (unpaired) electrons. The number of hydrogen-bond acceptors (Lipinski definition) is 3. The average molecular weight is 310 g/mol. The number of urea groups is 2. The Kier molecular flexibility index (Phi) is 3.92. The van der Waals surface area contributed by atoms with Crippen LogP contribution in [0.3, 0.4) is 0 Å². The van der Waals surface area contributed by atoms with Gasteiger partial charge in [-0.3, -0.25) is 10.1 Å². The molecule has 2 aromatic carbocycles. The lowest BCUT2D eigenvalue weighted by Crippen LogP contribution is -2.22. The van der Waals surface area contributed by atoms with Crippen LogP contribution in [0, 0.1) is 0 Å². The third-order valence-corrected chi connectivity index (χ3v) is 3.31. The first-order valence-electron chi connectivity index (χ1n) is 6.96. The molecule has 1 aliphatic heterocycles. The summed E-state index contributed by atoms with van der Waals surface area (Å²) in [6.07, 6.45) is 0. The second kappa shape index (κ2) is 6.18. The molecule has 1 aliphatic rings. The van der Waals surface area contributed by atoms with Crippen LogP contribution in [0.2, 0.25) is 0 Å². The maximum Gasteiger partial charge on any atom is 0.323 e. The highest BCUT2D eigenvalue weighted by Gasteiger charge is 2.30. The van der Waals surface area contributed by atoms with Gasteiger partial charge in [-0.2, -0.15) is 0 Å². The molecule has 1 unspecified atom stereocenters. The van der Waals surface area contributed by atoms with Crippen LogP contribution in [-0.2, 0) is 4.79 Å². The number of amides is 5. The zero-order valence-corrected chi connectivity index (χ0v) is 12.0. The van der Waals surface area contributed by atoms with Crippen LogP contribution in [0.1, 0.15) is 11.6 Å². The summed E-state index contributed by atoms with van der Waals surface area (Å²) in [5.41, 5.74) is 1.90. The maximum atomic E-state index is 11.9. The van der Waals surface area contributed by atoms with E-state index >= 15 is 0 Å². The van der Waals surface area contributed by atoms with Crippen LogP contribution in [0.4, 0.5) is 21.0 Å². The number of benzene rings is 2. The van der Waals surface area contributed by atoms with Crippen molar-refractivity contribution < 1.29 is 14.4 Å². The molecule has 7 heteroatoms. The molecule has 0 saturated carbocycles. The highest BCUT2D eigenvalue weighted by molar-refractivity contribution is 6.04. The van der Waals surface area contributed by atoms with Gasteiger partial charge < -0.3 is 16.0 Å². The minimum atomic E-state index is -0.699. The molecular weight excluding hydrogens is 296 g/mol. The summed E-state index contributed by atoms with van der Waals surface area (Å²) in [5.74, 6) is -0.391. The summed E-state index contributed by atoms with van der Waals surface area (Å²) in [6, 6.07) is 14.2. The fourth-order valence-electron chi connectivity index (χ4n) is 2.23. The quantitative estimate of drug-likeness (QED) is 0.654. The lowest BCUT2D eigenvalue weighted by molar-refractivity contribution is -0.120. The molecule has 2 aromatic rings. The van der Waals surface area contributed by atoms with E-state index in [2.05, 4.69) is 21.3 Å². The van der Waals surface area contributed by atoms with Gasteiger partial charge in [-0.15, -0.1) is 0 Å². The Morgan fingerprint density at radius 2 is 1.48 bits per heavy atom. The van der Waals surface area contributed by atoms with Crippen molar-refractivity contribution in [3.63, 3.8) is 0 Å². The van der Waals surface area contributed by atoms with Crippen molar-refractivity contribution in [3.05, 3.63) is 60.2 Å². The van der Waals surface area contributed by atoms with Crippen molar-refractivity contribution in [2.24, 2.45) is 0 Å². The third-order valence-electron chi connectivity index (χ3n) is 3.31. The molecular formula is C16H14N4O3. The van der Waals surface area contributed by atoms with Crippen LogP contribution in [0.5, 0.6) is 0 Å². The van der Waals surface area contributed by atoms with Gasteiger partial charge in [-0.05, 0) is 29.8 Å². The van der Waals surface area contributed by atoms with Gasteiger partial charge in [0.25, 0.3) is 5.91 Å². The summed E-state index contributed by atoms with van der Waals surface area (Å²) >= 11 is 0. The standard InChI is InChI=1S/C16H14N4O3/c21-14-13(19-16(23)20-14)10-6-8-12(9-7-10)18-15(22)17-11-4-2-1-3-5-11/h1-9,13H,(H2,17,18,22)(H2,19,20,21,23). The summed E-state index contributed by atoms with van der Waals surface area (Å²) in [5, 5.41) is 10.1. The molecule has 5 amide bonds. The van der Waals surface area contributed by atoms with E-state index in [4.69, 9.17) is 0 Å². The summed E-state index contributed by atoms with van der Waals surface area (Å²) in [6.45, 7) is 0. The van der Waals surface area contributed by atoms with Crippen molar-refractivity contribution in [2.45, 2.75) is 6.04 Å². The fourth-order valence-corrected chi connectivity index (χ4v) is 2.23. The average Bonchev–Trinajstić information content (AvgIpc) is 2.87. The van der Waals surface area contributed by atoms with E-state index in [0.29, 0.717) is 16.9 Å². The molecule has 0 aromatic heterocycles. The van der Waals surface area contributed by atoms with E-state index in [1.807, 2.05) is 18.2 Å². The van der Waals surface area contributed by atoms with E-state index < -0.39 is 18.0 Å². The number of para-hydroxylation sites is 1. The highest BCUT2D eigenvalue weighted by Crippen LogP contribution is 2.19. The monoisotopic (exact) mass is 310 g/mol. The summed E-state index contributed by atoms with van der Waals surface area (Å²) < 4.78 is 0. The van der Waals surface area contributed by atoms with E-state index in [1.165, 1.54) is 0 Å². The van der Waals surface area contributed by atoms with Crippen LogP contribution in [0.15, 0.2) is 54.6 Å². The topological polar surface area (TPSA) is 99.3 Å². The molecule has 1 saturated heterocycles. The first-order valence-corrected chi connectivity index (χ1v) is 6.96. The minimum Gasteiger partial charge on any atom is -0.322 e. The van der Waals surface area contributed by atoms with Crippen LogP contribution >= 0.6 is 0 Å². The Hall–Kier alpha value is -3.35. The largest absolute Gasteiger partial charge is 0.323 e. The van der Waals surface area contributed by atoms with Gasteiger partial charge in [-0.1, -0.05) is 30.3 Å². The zero-order valence-electron chi connectivity index (χ0n) is 12.0. The molecule has 23 heavy (non-hydrogen) atoms. The highest BCUT2D eigenvalue weighted by atomic mass is 16.2. The van der Waals surface area contributed by atoms with Crippen molar-refractivity contribution in [1.82, 2.24) is 10.6 Å². The molecule has 7 nitrogen and oxygen atoms in total. The molecule has 3 rings (SSSR count). The summed E-state index contributed by atoms with van der Waals surface area (Å²) in [4.78, 5) is 34.6. The Morgan fingerprint density at radius 1 is 0.870 bits per heavy atom. The predicted molar refractivity (Wildman–Crippen MR) is 84.9 cm³/mol. The van der Waals surface area contributed by atoms with Gasteiger partial charge in [0.15, 0.2) is 0 Å². The SMILES string of the molecule is O=C(Nc1ccccc1)Nc1ccc(C2NC(=O)NC2=O)cc1. The smallest absolute Gasteiger partial charge is 0.322 e. The molecule has 4 N–H and O–H groups in total. The number of nitrogens with one attached hydrogen (secondary N) is 4. The number of hydrogen-bond donors (Lipinski definition) is 4. The Labute approximate surface area is 132 Å². The number of carbonyl (C=O) groups excluding carboxylic acids is 3. The molecule has 1 heterocycles. The molecule has 1 atom stereocenters. The Balaban J connectivity index is 1.62. The second-order valence-corrected chi connectivity index (χ2v) is 4.96. The number of anilines is 2.